The van der Waals surface area contributed by atoms with Crippen LogP contribution in [0.2, 0.25) is 0 Å². The number of benzene rings is 2. The number of carbonyl (C=O) groups is 2. The van der Waals surface area contributed by atoms with E-state index in [0.29, 0.717) is 40.9 Å². The van der Waals surface area contributed by atoms with Gasteiger partial charge in [0, 0.05) is 30.8 Å². The third-order valence-corrected chi connectivity index (χ3v) is 6.31. The van der Waals surface area contributed by atoms with Crippen molar-refractivity contribution in [3.8, 4) is 23.0 Å². The first kappa shape index (κ1) is 23.2. The topological polar surface area (TPSA) is 98.8 Å². The number of rotatable bonds is 7. The minimum absolute atomic E-state index is 0.134. The molecule has 9 nitrogen and oxygen atoms in total. The number of amides is 2. The van der Waals surface area contributed by atoms with Gasteiger partial charge in [0.2, 0.25) is 5.91 Å². The molecule has 1 aliphatic rings. The Labute approximate surface area is 208 Å². The molecule has 0 radical (unpaired) electrons. The van der Waals surface area contributed by atoms with Gasteiger partial charge in [-0.15, -0.1) is 0 Å². The van der Waals surface area contributed by atoms with Crippen LogP contribution in [0.3, 0.4) is 0 Å². The predicted octanol–water partition coefficient (Wildman–Crippen LogP) is 3.90. The van der Waals surface area contributed by atoms with Crippen molar-refractivity contribution in [1.82, 2.24) is 15.1 Å². The van der Waals surface area contributed by atoms with Gasteiger partial charge >= 0.3 is 0 Å². The lowest BCUT2D eigenvalue weighted by atomic mass is 9.93. The molecule has 2 aromatic heterocycles. The monoisotopic (exact) mass is 486 g/mol. The van der Waals surface area contributed by atoms with Gasteiger partial charge in [0.1, 0.15) is 28.4 Å². The van der Waals surface area contributed by atoms with E-state index in [1.807, 2.05) is 30.3 Å². The summed E-state index contributed by atoms with van der Waals surface area (Å²) in [6.45, 7) is 2.19. The normalized spacial score (nSPS) is 17.0. The smallest absolute Gasteiger partial charge is 0.277 e. The van der Waals surface area contributed by atoms with Crippen molar-refractivity contribution in [3.63, 3.8) is 0 Å². The fourth-order valence-electron chi connectivity index (χ4n) is 4.42. The van der Waals surface area contributed by atoms with Gasteiger partial charge in [-0.3, -0.25) is 19.2 Å². The quantitative estimate of drug-likeness (QED) is 0.426. The van der Waals surface area contributed by atoms with Gasteiger partial charge < -0.3 is 19.2 Å². The second-order valence-corrected chi connectivity index (χ2v) is 8.70. The number of hydrogen-bond donors (Lipinski definition) is 1. The van der Waals surface area contributed by atoms with Gasteiger partial charge in [0.15, 0.2) is 5.76 Å². The molecular formula is C27H26N4O5. The zero-order chi connectivity index (χ0) is 25.3. The van der Waals surface area contributed by atoms with E-state index in [2.05, 4.69) is 10.4 Å². The van der Waals surface area contributed by atoms with Gasteiger partial charge in [-0.1, -0.05) is 30.3 Å². The van der Waals surface area contributed by atoms with Crippen molar-refractivity contribution < 1.29 is 23.5 Å². The molecule has 0 bridgehead atoms. The van der Waals surface area contributed by atoms with Crippen molar-refractivity contribution in [3.05, 3.63) is 84.3 Å². The fraction of sp³-hybridized carbons (Fsp3) is 0.222. The molecule has 0 aliphatic carbocycles. The van der Waals surface area contributed by atoms with Gasteiger partial charge in [0.25, 0.3) is 5.91 Å². The van der Waals surface area contributed by atoms with Crippen molar-refractivity contribution >= 4 is 17.5 Å². The minimum atomic E-state index is -1.30. The molecule has 0 saturated heterocycles. The van der Waals surface area contributed by atoms with E-state index < -0.39 is 5.54 Å². The molecule has 0 unspecified atom stereocenters. The van der Waals surface area contributed by atoms with Crippen LogP contribution in [0.5, 0.6) is 11.5 Å². The number of methoxy groups -OCH3 is 2. The Morgan fingerprint density at radius 2 is 1.78 bits per heavy atom. The predicted molar refractivity (Wildman–Crippen MR) is 133 cm³/mol. The van der Waals surface area contributed by atoms with Gasteiger partial charge in [-0.05, 0) is 24.6 Å². The van der Waals surface area contributed by atoms with Crippen LogP contribution in [0, 0.1) is 0 Å². The molecule has 0 saturated carbocycles. The summed E-state index contributed by atoms with van der Waals surface area (Å²) < 4.78 is 17.9. The van der Waals surface area contributed by atoms with Crippen LogP contribution in [0.4, 0.5) is 5.69 Å². The van der Waals surface area contributed by atoms with Gasteiger partial charge in [-0.2, -0.15) is 5.10 Å². The number of ether oxygens (including phenoxy) is 2. The third-order valence-electron chi connectivity index (χ3n) is 6.31. The number of aromatic nitrogens is 2. The van der Waals surface area contributed by atoms with Crippen LogP contribution in [0.15, 0.2) is 77.4 Å². The van der Waals surface area contributed by atoms with E-state index in [1.165, 1.54) is 19.1 Å². The third kappa shape index (κ3) is 4.08. The second kappa shape index (κ2) is 9.26. The molecule has 184 valence electrons. The largest absolute Gasteiger partial charge is 0.497 e. The van der Waals surface area contributed by atoms with Crippen molar-refractivity contribution in [2.24, 2.45) is 0 Å². The Morgan fingerprint density at radius 3 is 2.42 bits per heavy atom. The summed E-state index contributed by atoms with van der Waals surface area (Å²) in [7, 11) is 3.07. The van der Waals surface area contributed by atoms with E-state index in [0.717, 1.165) is 5.56 Å². The number of carbonyl (C=O) groups excluding carboxylic acids is 2. The molecule has 1 N–H and O–H groups in total. The number of anilines is 1. The van der Waals surface area contributed by atoms with E-state index in [4.69, 9.17) is 13.9 Å². The molecule has 5 rings (SSSR count). The maximum Gasteiger partial charge on any atom is 0.277 e. The molecule has 4 aromatic rings. The molecule has 2 amide bonds. The summed E-state index contributed by atoms with van der Waals surface area (Å²) in [6.07, 6.45) is 1.55. The minimum Gasteiger partial charge on any atom is -0.497 e. The average molecular weight is 487 g/mol. The van der Waals surface area contributed by atoms with Gasteiger partial charge in [-0.25, -0.2) is 0 Å². The molecule has 1 atom stereocenters. The van der Waals surface area contributed by atoms with Crippen molar-refractivity contribution in [2.75, 3.05) is 19.1 Å². The van der Waals surface area contributed by atoms with Crippen LogP contribution in [-0.4, -0.2) is 41.4 Å². The van der Waals surface area contributed by atoms with Crippen LogP contribution < -0.4 is 19.7 Å². The van der Waals surface area contributed by atoms with Crippen molar-refractivity contribution in [2.45, 2.75) is 25.6 Å². The highest BCUT2D eigenvalue weighted by atomic mass is 16.5. The van der Waals surface area contributed by atoms with Crippen molar-refractivity contribution in [1.29, 1.82) is 0 Å². The number of fused-ring (bicyclic) bond motifs is 1. The Hall–Kier alpha value is -4.53. The lowest BCUT2D eigenvalue weighted by molar-refractivity contribution is -0.126. The summed E-state index contributed by atoms with van der Waals surface area (Å²) >= 11 is 0. The molecule has 1 aliphatic heterocycles. The Balaban J connectivity index is 1.58. The molecule has 0 spiro atoms. The summed E-state index contributed by atoms with van der Waals surface area (Å²) in [4.78, 5) is 29.2. The first-order chi connectivity index (χ1) is 17.4. The number of nitrogens with one attached hydrogen (secondary N) is 1. The molecule has 3 heterocycles. The number of hydrogen-bond acceptors (Lipinski definition) is 6. The summed E-state index contributed by atoms with van der Waals surface area (Å²) in [5, 5.41) is 7.58. The first-order valence-electron chi connectivity index (χ1n) is 11.4. The molecule has 2 aromatic carbocycles. The Morgan fingerprint density at radius 1 is 1.06 bits per heavy atom. The highest BCUT2D eigenvalue weighted by molar-refractivity contribution is 6.12. The summed E-state index contributed by atoms with van der Waals surface area (Å²) in [5.74, 6) is 0.843. The highest BCUT2D eigenvalue weighted by Gasteiger charge is 2.49. The number of furan rings is 1. The lowest BCUT2D eigenvalue weighted by Gasteiger charge is -2.43. The summed E-state index contributed by atoms with van der Waals surface area (Å²) in [5.41, 5.74) is 0.978. The standard InChI is InChI=1S/C27H26N4O5/c1-27(26(33)28-16-18-8-5-4-6-9-18)17-30-23(15-22(29-30)24-10-7-11-36-24)25(32)31(27)19-12-20(34-2)14-21(13-19)35-3/h4-15H,16-17H2,1-3H3,(H,28,33)/t27-/m0/s1. The van der Waals surface area contributed by atoms with Crippen LogP contribution in [0.25, 0.3) is 11.5 Å². The maximum absolute atomic E-state index is 14.0. The number of nitrogens with zero attached hydrogens (tertiary/aromatic N) is 3. The zero-order valence-corrected chi connectivity index (χ0v) is 20.2. The lowest BCUT2D eigenvalue weighted by Crippen LogP contribution is -2.64. The van der Waals surface area contributed by atoms with Crippen LogP contribution in [-0.2, 0) is 17.9 Å². The molecule has 36 heavy (non-hydrogen) atoms. The van der Waals surface area contributed by atoms with E-state index in [-0.39, 0.29) is 18.4 Å². The van der Waals surface area contributed by atoms with Crippen LogP contribution in [0.1, 0.15) is 23.0 Å². The summed E-state index contributed by atoms with van der Waals surface area (Å²) in [6, 6.07) is 19.9. The van der Waals surface area contributed by atoms with Gasteiger partial charge in [0.05, 0.1) is 32.7 Å². The van der Waals surface area contributed by atoms with Crippen LogP contribution >= 0.6 is 0 Å². The molecule has 0 fully saturated rings. The van der Waals surface area contributed by atoms with E-state index in [9.17, 15) is 9.59 Å². The molecular weight excluding hydrogens is 460 g/mol. The Bertz CT molecular complexity index is 1370. The second-order valence-electron chi connectivity index (χ2n) is 8.70. The maximum atomic E-state index is 14.0. The average Bonchev–Trinajstić information content (AvgIpc) is 3.58. The van der Waals surface area contributed by atoms with E-state index in [1.54, 1.807) is 54.3 Å². The molecule has 9 heteroatoms. The van der Waals surface area contributed by atoms with E-state index >= 15 is 0 Å². The Kier molecular flexibility index (Phi) is 5.97. The SMILES string of the molecule is COc1cc(OC)cc(N2C(=O)c3cc(-c4ccco4)nn3C[C@@]2(C)C(=O)NCc2ccccc2)c1. The highest BCUT2D eigenvalue weighted by Crippen LogP contribution is 2.37. The first-order valence-corrected chi connectivity index (χ1v) is 11.4. The zero-order valence-electron chi connectivity index (χ0n) is 20.2. The fourth-order valence-corrected chi connectivity index (χ4v) is 4.42.